The molecule has 9 heteroatoms. The number of piperidine rings is 1. The molecule has 3 rings (SSSR count). The quantitative estimate of drug-likeness (QED) is 0.477. The smallest absolute Gasteiger partial charge is 0.310 e. The number of hydrogen-bond donors (Lipinski definition) is 0. The van der Waals surface area contributed by atoms with Gasteiger partial charge in [0.25, 0.3) is 0 Å². The zero-order chi connectivity index (χ0) is 23.8. The van der Waals surface area contributed by atoms with E-state index < -0.39 is 21.9 Å². The fourth-order valence-electron chi connectivity index (χ4n) is 4.58. The zero-order valence-corrected chi connectivity index (χ0v) is 20.3. The van der Waals surface area contributed by atoms with Crippen molar-refractivity contribution in [1.82, 2.24) is 9.46 Å². The molecule has 0 aliphatic carbocycles. The van der Waals surface area contributed by atoms with Crippen molar-refractivity contribution >= 4 is 21.8 Å². The Balaban J connectivity index is 1.75. The molecule has 1 saturated heterocycles. The number of esters is 1. The van der Waals surface area contributed by atoms with Gasteiger partial charge in [0.1, 0.15) is 17.2 Å². The molecule has 0 spiro atoms. The molecule has 1 aliphatic heterocycles. The second-order valence-corrected chi connectivity index (χ2v) is 10.4. The minimum absolute atomic E-state index is 0.0278. The third kappa shape index (κ3) is 4.49. The Hall–Kier alpha value is -2.52. The Morgan fingerprint density at radius 2 is 1.88 bits per heavy atom. The van der Waals surface area contributed by atoms with E-state index in [1.54, 1.807) is 13.8 Å². The maximum absolute atomic E-state index is 13.1. The van der Waals surface area contributed by atoms with Gasteiger partial charge in [-0.1, -0.05) is 11.2 Å². The lowest BCUT2D eigenvalue weighted by molar-refractivity contribution is -0.151. The Bertz CT molecular complexity index is 1150. The van der Waals surface area contributed by atoms with Crippen LogP contribution in [0, 0.1) is 40.5 Å². The lowest BCUT2D eigenvalue weighted by Crippen LogP contribution is -2.43. The van der Waals surface area contributed by atoms with E-state index in [4.69, 9.17) is 9.26 Å². The monoisotopic (exact) mass is 462 g/mol. The molecule has 1 aliphatic rings. The highest BCUT2D eigenvalue weighted by molar-refractivity contribution is 7.89. The van der Waals surface area contributed by atoms with Crippen LogP contribution in [0.3, 0.4) is 0 Å². The van der Waals surface area contributed by atoms with Crippen molar-refractivity contribution in [3.63, 3.8) is 0 Å². The lowest BCUT2D eigenvalue weighted by Gasteiger charge is -2.30. The molecular formula is C23H30N2O6S. The van der Waals surface area contributed by atoms with Gasteiger partial charge in [-0.2, -0.15) is 4.31 Å². The lowest BCUT2D eigenvalue weighted by atomic mass is 9.92. The van der Waals surface area contributed by atoms with E-state index in [0.717, 1.165) is 22.3 Å². The highest BCUT2D eigenvalue weighted by atomic mass is 32.2. The molecule has 1 aromatic heterocycles. The van der Waals surface area contributed by atoms with E-state index in [1.807, 2.05) is 26.8 Å². The van der Waals surface area contributed by atoms with Gasteiger partial charge in [-0.3, -0.25) is 9.59 Å². The van der Waals surface area contributed by atoms with Crippen molar-refractivity contribution in [2.45, 2.75) is 65.9 Å². The molecule has 0 saturated carbocycles. The number of nitrogens with zero attached hydrogens (tertiary/aromatic N) is 2. The van der Waals surface area contributed by atoms with E-state index in [0.29, 0.717) is 30.6 Å². The van der Waals surface area contributed by atoms with Gasteiger partial charge in [0.15, 0.2) is 11.5 Å². The number of aromatic nitrogens is 1. The molecule has 2 heterocycles. The maximum atomic E-state index is 13.1. The number of benzene rings is 1. The van der Waals surface area contributed by atoms with Crippen molar-refractivity contribution < 1.29 is 27.3 Å². The topological polar surface area (TPSA) is 107 Å². The van der Waals surface area contributed by atoms with Crippen LogP contribution < -0.4 is 0 Å². The molecule has 1 atom stereocenters. The third-order valence-electron chi connectivity index (χ3n) is 6.13. The van der Waals surface area contributed by atoms with Crippen molar-refractivity contribution in [1.29, 1.82) is 0 Å². The summed E-state index contributed by atoms with van der Waals surface area (Å²) in [4.78, 5) is 24.9. The molecule has 32 heavy (non-hydrogen) atoms. The number of aryl methyl sites for hydroxylation is 4. The van der Waals surface area contributed by atoms with Gasteiger partial charge in [-0.25, -0.2) is 8.42 Å². The zero-order valence-electron chi connectivity index (χ0n) is 19.4. The maximum Gasteiger partial charge on any atom is 0.310 e. The molecule has 2 aromatic rings. The molecule has 174 valence electrons. The standard InChI is InChI=1S/C23H30N2O6S/c1-13-10-14(2)21(17(5)26)15(3)20(13)12-30-23(27)19-8-7-9-25(11-19)32(28,29)22-16(4)24-31-18(22)6/h10,19H,7-9,11-12H2,1-6H3. The highest BCUT2D eigenvalue weighted by Gasteiger charge is 2.37. The van der Waals surface area contributed by atoms with Gasteiger partial charge >= 0.3 is 5.97 Å². The van der Waals surface area contributed by atoms with Gasteiger partial charge in [0, 0.05) is 18.7 Å². The van der Waals surface area contributed by atoms with Crippen LogP contribution in [0.2, 0.25) is 0 Å². The summed E-state index contributed by atoms with van der Waals surface area (Å²) in [6.45, 7) is 10.8. The second kappa shape index (κ2) is 9.15. The molecular weight excluding hydrogens is 432 g/mol. The number of Topliss-reactive ketones (excluding diaryl/α,β-unsaturated/α-hetero) is 1. The number of carbonyl (C=O) groups excluding carboxylic acids is 2. The van der Waals surface area contributed by atoms with Crippen LogP contribution in [0.5, 0.6) is 0 Å². The molecule has 1 fully saturated rings. The van der Waals surface area contributed by atoms with Crippen molar-refractivity contribution in [2.75, 3.05) is 13.1 Å². The Morgan fingerprint density at radius 3 is 2.47 bits per heavy atom. The number of ether oxygens (including phenoxy) is 1. The largest absolute Gasteiger partial charge is 0.461 e. The SMILES string of the molecule is CC(=O)c1c(C)cc(C)c(COC(=O)C2CCCN(S(=O)(=O)c3c(C)noc3C)C2)c1C. The summed E-state index contributed by atoms with van der Waals surface area (Å²) in [7, 11) is -3.82. The van der Waals surface area contributed by atoms with Crippen LogP contribution in [-0.4, -0.2) is 42.7 Å². The van der Waals surface area contributed by atoms with Gasteiger partial charge < -0.3 is 9.26 Å². The van der Waals surface area contributed by atoms with Crippen molar-refractivity contribution in [2.24, 2.45) is 5.92 Å². The Labute approximate surface area is 189 Å². The van der Waals surface area contributed by atoms with Gasteiger partial charge in [-0.05, 0) is 76.6 Å². The van der Waals surface area contributed by atoms with Gasteiger partial charge in [-0.15, -0.1) is 0 Å². The second-order valence-electron chi connectivity index (χ2n) is 8.51. The van der Waals surface area contributed by atoms with Crippen LogP contribution in [-0.2, 0) is 26.2 Å². The van der Waals surface area contributed by atoms with E-state index in [1.165, 1.54) is 11.2 Å². The number of ketones is 1. The fraction of sp³-hybridized carbons (Fsp3) is 0.522. The highest BCUT2D eigenvalue weighted by Crippen LogP contribution is 2.29. The number of carbonyl (C=O) groups is 2. The molecule has 1 unspecified atom stereocenters. The molecule has 0 bridgehead atoms. The molecule has 0 N–H and O–H groups in total. The van der Waals surface area contributed by atoms with E-state index in [2.05, 4.69) is 5.16 Å². The average molecular weight is 463 g/mol. The van der Waals surface area contributed by atoms with Crippen molar-refractivity contribution in [3.05, 3.63) is 45.3 Å². The van der Waals surface area contributed by atoms with E-state index in [-0.39, 0.29) is 29.6 Å². The summed E-state index contributed by atoms with van der Waals surface area (Å²) in [5, 5.41) is 3.74. The summed E-state index contributed by atoms with van der Waals surface area (Å²) in [6, 6.07) is 1.92. The van der Waals surface area contributed by atoms with Gasteiger partial charge in [0.2, 0.25) is 10.0 Å². The summed E-state index contributed by atoms with van der Waals surface area (Å²) in [6.07, 6.45) is 1.11. The molecule has 0 radical (unpaired) electrons. The normalized spacial score (nSPS) is 17.4. The summed E-state index contributed by atoms with van der Waals surface area (Å²) in [5.74, 6) is -0.788. The first kappa shape index (κ1) is 24.1. The average Bonchev–Trinajstić information content (AvgIpc) is 3.05. The van der Waals surface area contributed by atoms with E-state index in [9.17, 15) is 18.0 Å². The first-order chi connectivity index (χ1) is 14.9. The minimum atomic E-state index is -3.82. The fourth-order valence-corrected chi connectivity index (χ4v) is 6.39. The van der Waals surface area contributed by atoms with Crippen LogP contribution in [0.4, 0.5) is 0 Å². The van der Waals surface area contributed by atoms with Crippen LogP contribution in [0.15, 0.2) is 15.5 Å². The molecule has 0 amide bonds. The van der Waals surface area contributed by atoms with Gasteiger partial charge in [0.05, 0.1) is 5.92 Å². The van der Waals surface area contributed by atoms with Crippen molar-refractivity contribution in [3.8, 4) is 0 Å². The third-order valence-corrected chi connectivity index (χ3v) is 8.24. The Kier molecular flexibility index (Phi) is 6.90. The summed E-state index contributed by atoms with van der Waals surface area (Å²) >= 11 is 0. The van der Waals surface area contributed by atoms with Crippen LogP contribution in [0.1, 0.15) is 63.8 Å². The predicted molar refractivity (Wildman–Crippen MR) is 118 cm³/mol. The first-order valence-corrected chi connectivity index (χ1v) is 12.1. The first-order valence-electron chi connectivity index (χ1n) is 10.6. The van der Waals surface area contributed by atoms with E-state index >= 15 is 0 Å². The summed E-state index contributed by atoms with van der Waals surface area (Å²) in [5.41, 5.74) is 4.42. The van der Waals surface area contributed by atoms with Crippen LogP contribution in [0.25, 0.3) is 0 Å². The molecule has 1 aromatic carbocycles. The molecule has 8 nitrogen and oxygen atoms in total. The number of hydrogen-bond acceptors (Lipinski definition) is 7. The minimum Gasteiger partial charge on any atom is -0.461 e. The Morgan fingerprint density at radius 1 is 1.19 bits per heavy atom. The predicted octanol–water partition coefficient (Wildman–Crippen LogP) is 3.56. The number of rotatable bonds is 6. The number of sulfonamides is 1. The van der Waals surface area contributed by atoms with Crippen LogP contribution >= 0.6 is 0 Å². The summed E-state index contributed by atoms with van der Waals surface area (Å²) < 4.78 is 38.1.